The summed E-state index contributed by atoms with van der Waals surface area (Å²) in [7, 11) is -3.72. The minimum absolute atomic E-state index is 0.0170. The van der Waals surface area contributed by atoms with Crippen molar-refractivity contribution in [3.8, 4) is 0 Å². The van der Waals surface area contributed by atoms with E-state index in [9.17, 15) is 18.0 Å². The molecule has 2 heterocycles. The molecule has 1 amide bonds. The van der Waals surface area contributed by atoms with Gasteiger partial charge < -0.3 is 0 Å². The number of aromatic nitrogens is 1. The van der Waals surface area contributed by atoms with Crippen molar-refractivity contribution in [2.24, 2.45) is 5.92 Å². The lowest BCUT2D eigenvalue weighted by Gasteiger charge is -2.32. The summed E-state index contributed by atoms with van der Waals surface area (Å²) in [5, 5.41) is 0.725. The molecule has 0 unspecified atom stereocenters. The molecule has 33 heavy (non-hydrogen) atoms. The number of hydrogen-bond acceptors (Lipinski definition) is 6. The zero-order valence-corrected chi connectivity index (χ0v) is 20.5. The molecule has 1 aliphatic carbocycles. The summed E-state index contributed by atoms with van der Waals surface area (Å²) in [6, 6.07) is 6.12. The van der Waals surface area contributed by atoms with Crippen LogP contribution >= 0.6 is 11.3 Å². The number of fused-ring (bicyclic) bond motifs is 1. The van der Waals surface area contributed by atoms with Gasteiger partial charge in [-0.1, -0.05) is 18.2 Å². The van der Waals surface area contributed by atoms with Gasteiger partial charge in [0.05, 0.1) is 10.6 Å². The second-order valence-corrected chi connectivity index (χ2v) is 11.6. The van der Waals surface area contributed by atoms with Gasteiger partial charge in [-0.3, -0.25) is 14.5 Å². The molecule has 1 saturated heterocycles. The third-order valence-corrected chi connectivity index (χ3v) is 9.40. The Balaban J connectivity index is 1.46. The normalized spacial score (nSPS) is 17.4. The molecule has 1 aromatic carbocycles. The minimum atomic E-state index is -3.72. The Morgan fingerprint density at radius 1 is 1.24 bits per heavy atom. The average Bonchev–Trinajstić information content (AvgIpc) is 3.26. The van der Waals surface area contributed by atoms with Gasteiger partial charge in [-0.05, 0) is 57.6 Å². The molecule has 0 bridgehead atoms. The van der Waals surface area contributed by atoms with Crippen LogP contribution in [0.1, 0.15) is 53.5 Å². The van der Waals surface area contributed by atoms with E-state index in [0.29, 0.717) is 24.9 Å². The van der Waals surface area contributed by atoms with Crippen molar-refractivity contribution >= 4 is 38.2 Å². The lowest BCUT2D eigenvalue weighted by Crippen LogP contribution is -2.44. The quantitative estimate of drug-likeness (QED) is 0.437. The van der Waals surface area contributed by atoms with Gasteiger partial charge >= 0.3 is 0 Å². The highest BCUT2D eigenvalue weighted by molar-refractivity contribution is 7.89. The second kappa shape index (κ2) is 9.87. The number of ketones is 1. The highest BCUT2D eigenvalue weighted by Crippen LogP contribution is 2.34. The van der Waals surface area contributed by atoms with Crippen molar-refractivity contribution in [1.29, 1.82) is 0 Å². The second-order valence-electron chi connectivity index (χ2n) is 8.57. The van der Waals surface area contributed by atoms with Gasteiger partial charge in [-0.25, -0.2) is 13.4 Å². The molecular weight excluding hydrogens is 458 g/mol. The molecule has 2 aromatic rings. The number of carbonyl (C=O) groups excluding carboxylic acids is 2. The van der Waals surface area contributed by atoms with Gasteiger partial charge in [0.25, 0.3) is 0 Å². The maximum Gasteiger partial charge on any atom is 0.243 e. The molecular formula is C24H29N3O4S2. The summed E-state index contributed by atoms with van der Waals surface area (Å²) in [6.45, 7) is 6.13. The highest BCUT2D eigenvalue weighted by Gasteiger charge is 2.35. The number of benzene rings is 1. The van der Waals surface area contributed by atoms with Crippen LogP contribution in [0.5, 0.6) is 0 Å². The van der Waals surface area contributed by atoms with E-state index in [2.05, 4.69) is 6.58 Å². The Kier molecular flexibility index (Phi) is 7.11. The first kappa shape index (κ1) is 23.8. The fraction of sp³-hybridized carbons (Fsp3) is 0.458. The van der Waals surface area contributed by atoms with E-state index in [1.54, 1.807) is 34.4 Å². The van der Waals surface area contributed by atoms with E-state index in [1.165, 1.54) is 28.2 Å². The largest absolute Gasteiger partial charge is 0.295 e. The molecule has 0 spiro atoms. The third-order valence-electron chi connectivity index (χ3n) is 6.32. The smallest absolute Gasteiger partial charge is 0.243 e. The van der Waals surface area contributed by atoms with Gasteiger partial charge in [-0.2, -0.15) is 4.31 Å². The van der Waals surface area contributed by atoms with Gasteiger partial charge in [0, 0.05) is 36.0 Å². The lowest BCUT2D eigenvalue weighted by molar-refractivity contribution is -0.123. The van der Waals surface area contributed by atoms with Crippen LogP contribution in [0.3, 0.4) is 0 Å². The molecule has 0 saturated carbocycles. The van der Waals surface area contributed by atoms with Gasteiger partial charge in [0.15, 0.2) is 10.9 Å². The molecule has 2 aliphatic rings. The number of sulfonamides is 1. The van der Waals surface area contributed by atoms with Crippen molar-refractivity contribution in [3.63, 3.8) is 0 Å². The Labute approximate surface area is 199 Å². The van der Waals surface area contributed by atoms with Crippen LogP contribution in [0, 0.1) is 5.92 Å². The maximum absolute atomic E-state index is 13.4. The predicted octanol–water partition coefficient (Wildman–Crippen LogP) is 3.84. The number of nitrogens with zero attached hydrogens (tertiary/aromatic N) is 3. The Hall–Kier alpha value is -2.36. The summed E-state index contributed by atoms with van der Waals surface area (Å²) in [6.07, 6.45) is 6.87. The number of aryl methyl sites for hydroxylation is 2. The van der Waals surface area contributed by atoms with Crippen LogP contribution in [0.2, 0.25) is 0 Å². The van der Waals surface area contributed by atoms with E-state index < -0.39 is 10.0 Å². The predicted molar refractivity (Wildman–Crippen MR) is 129 cm³/mol. The van der Waals surface area contributed by atoms with E-state index in [1.807, 2.05) is 0 Å². The zero-order valence-electron chi connectivity index (χ0n) is 18.8. The number of piperidine rings is 1. The van der Waals surface area contributed by atoms with Crippen LogP contribution in [0.25, 0.3) is 0 Å². The highest BCUT2D eigenvalue weighted by atomic mass is 32.2. The molecule has 0 radical (unpaired) electrons. The third kappa shape index (κ3) is 4.95. The molecule has 7 nitrogen and oxygen atoms in total. The Morgan fingerprint density at radius 2 is 1.97 bits per heavy atom. The number of rotatable bonds is 7. The maximum atomic E-state index is 13.4. The average molecular weight is 488 g/mol. The molecule has 0 N–H and O–H groups in total. The fourth-order valence-corrected chi connectivity index (χ4v) is 7.11. The molecule has 4 rings (SSSR count). The number of hydrogen-bond donors (Lipinski definition) is 0. The number of thiazole rings is 1. The van der Waals surface area contributed by atoms with Gasteiger partial charge in [0.2, 0.25) is 15.9 Å². The number of amides is 1. The molecule has 1 fully saturated rings. The molecule has 0 atom stereocenters. The standard InChI is InChI=1S/C24H29N3O4S2/c1-3-13-27(24-25-21-9-4-5-10-22(21)32-24)23(29)18-11-14-26(15-12-18)33(30,31)20-8-6-7-19(16-20)17(2)28/h3,6-8,16,18H,1,4-5,9-15H2,2H3. The summed E-state index contributed by atoms with van der Waals surface area (Å²) in [4.78, 5) is 32.9. The minimum Gasteiger partial charge on any atom is -0.295 e. The van der Waals surface area contributed by atoms with Gasteiger partial charge in [0.1, 0.15) is 0 Å². The first-order valence-electron chi connectivity index (χ1n) is 11.3. The van der Waals surface area contributed by atoms with Crippen molar-refractivity contribution in [1.82, 2.24) is 9.29 Å². The number of Topliss-reactive ketones (excluding diaryl/α,β-unsaturated/α-hetero) is 1. The summed E-state index contributed by atoms with van der Waals surface area (Å²) >= 11 is 1.59. The van der Waals surface area contributed by atoms with Crippen LogP contribution in [-0.2, 0) is 27.7 Å². The molecule has 176 valence electrons. The molecule has 1 aromatic heterocycles. The zero-order chi connectivity index (χ0) is 23.6. The fourth-order valence-electron chi connectivity index (χ4n) is 4.43. The molecule has 1 aliphatic heterocycles. The first-order chi connectivity index (χ1) is 15.8. The van der Waals surface area contributed by atoms with Crippen molar-refractivity contribution in [2.45, 2.75) is 50.3 Å². The van der Waals surface area contributed by atoms with Gasteiger partial charge in [-0.15, -0.1) is 17.9 Å². The van der Waals surface area contributed by atoms with E-state index in [-0.39, 0.29) is 35.6 Å². The summed E-state index contributed by atoms with van der Waals surface area (Å²) in [5.41, 5.74) is 1.48. The van der Waals surface area contributed by atoms with Crippen LogP contribution < -0.4 is 4.90 Å². The monoisotopic (exact) mass is 487 g/mol. The first-order valence-corrected chi connectivity index (χ1v) is 13.6. The van der Waals surface area contributed by atoms with Crippen molar-refractivity contribution < 1.29 is 18.0 Å². The van der Waals surface area contributed by atoms with Crippen molar-refractivity contribution in [2.75, 3.05) is 24.5 Å². The SMILES string of the molecule is C=CCN(C(=O)C1CCN(S(=O)(=O)c2cccc(C(C)=O)c2)CC1)c1nc2c(s1)CCCC2. The lowest BCUT2D eigenvalue weighted by atomic mass is 9.96. The summed E-state index contributed by atoms with van der Waals surface area (Å²) < 4.78 is 27.6. The Bertz CT molecular complexity index is 1140. The number of anilines is 1. The van der Waals surface area contributed by atoms with Crippen LogP contribution in [-0.4, -0.2) is 49.0 Å². The summed E-state index contributed by atoms with van der Waals surface area (Å²) in [5.74, 6) is -0.458. The van der Waals surface area contributed by atoms with E-state index >= 15 is 0 Å². The number of carbonyl (C=O) groups is 2. The van der Waals surface area contributed by atoms with Crippen LogP contribution in [0.15, 0.2) is 41.8 Å². The van der Waals surface area contributed by atoms with E-state index in [4.69, 9.17) is 4.98 Å². The Morgan fingerprint density at radius 3 is 2.64 bits per heavy atom. The van der Waals surface area contributed by atoms with Crippen LogP contribution in [0.4, 0.5) is 5.13 Å². The molecule has 9 heteroatoms. The van der Waals surface area contributed by atoms with E-state index in [0.717, 1.165) is 36.5 Å². The van der Waals surface area contributed by atoms with Crippen molar-refractivity contribution in [3.05, 3.63) is 53.1 Å². The topological polar surface area (TPSA) is 87.7 Å².